The van der Waals surface area contributed by atoms with Gasteiger partial charge in [0.1, 0.15) is 23.7 Å². The lowest BCUT2D eigenvalue weighted by Gasteiger charge is -2.35. The van der Waals surface area contributed by atoms with Crippen LogP contribution < -0.4 is 10.2 Å². The molecule has 1 aliphatic rings. The second-order valence-electron chi connectivity index (χ2n) is 7.13. The normalized spacial score (nSPS) is 14.0. The lowest BCUT2D eigenvalue weighted by molar-refractivity contribution is 0.0740. The number of benzene rings is 1. The van der Waals surface area contributed by atoms with Gasteiger partial charge in [-0.15, -0.1) is 0 Å². The minimum Gasteiger partial charge on any atom is -0.353 e. The minimum atomic E-state index is -0.0721. The van der Waals surface area contributed by atoms with Crippen LogP contribution >= 0.6 is 0 Å². The van der Waals surface area contributed by atoms with Crippen LogP contribution in [0.5, 0.6) is 0 Å². The number of aryl methyl sites for hydroxylation is 1. The molecule has 1 aliphatic heterocycles. The van der Waals surface area contributed by atoms with Crippen molar-refractivity contribution in [2.45, 2.75) is 13.8 Å². The number of hydrogen-bond donors (Lipinski definition) is 1. The monoisotopic (exact) mass is 388 g/mol. The number of nitrogens with one attached hydrogen (secondary N) is 1. The molecule has 3 aromatic rings. The Morgan fingerprint density at radius 3 is 2.55 bits per heavy atom. The molecule has 0 aliphatic carbocycles. The van der Waals surface area contributed by atoms with E-state index in [0.29, 0.717) is 24.6 Å². The number of carbonyl (C=O) groups is 1. The highest BCUT2D eigenvalue weighted by atomic mass is 16.2. The molecular formula is C22H24N6O. The number of rotatable bonds is 4. The molecule has 3 heterocycles. The van der Waals surface area contributed by atoms with Crippen molar-refractivity contribution in [1.82, 2.24) is 19.9 Å². The van der Waals surface area contributed by atoms with Crippen molar-refractivity contribution in [2.75, 3.05) is 36.4 Å². The highest BCUT2D eigenvalue weighted by molar-refractivity contribution is 5.93. The molecule has 29 heavy (non-hydrogen) atoms. The Labute approximate surface area is 170 Å². The van der Waals surface area contributed by atoms with Gasteiger partial charge in [-0.3, -0.25) is 4.79 Å². The van der Waals surface area contributed by atoms with Crippen LogP contribution in [0.25, 0.3) is 0 Å². The van der Waals surface area contributed by atoms with Gasteiger partial charge in [0.05, 0.1) is 0 Å². The van der Waals surface area contributed by atoms with E-state index in [2.05, 4.69) is 45.1 Å². The van der Waals surface area contributed by atoms with Gasteiger partial charge in [0.2, 0.25) is 0 Å². The Hall–Kier alpha value is -3.48. The second kappa shape index (κ2) is 8.26. The van der Waals surface area contributed by atoms with E-state index in [0.717, 1.165) is 30.2 Å². The van der Waals surface area contributed by atoms with Gasteiger partial charge in [-0.25, -0.2) is 15.0 Å². The van der Waals surface area contributed by atoms with Crippen LogP contribution in [0.2, 0.25) is 0 Å². The molecule has 0 atom stereocenters. The van der Waals surface area contributed by atoms with Gasteiger partial charge in [0, 0.05) is 44.1 Å². The molecule has 1 N–H and O–H groups in total. The predicted octanol–water partition coefficient (Wildman–Crippen LogP) is 3.19. The maximum Gasteiger partial charge on any atom is 0.272 e. The van der Waals surface area contributed by atoms with Crippen molar-refractivity contribution < 1.29 is 4.79 Å². The smallest absolute Gasteiger partial charge is 0.272 e. The molecule has 0 unspecified atom stereocenters. The van der Waals surface area contributed by atoms with Gasteiger partial charge in [-0.1, -0.05) is 18.2 Å². The number of aromatic nitrogens is 3. The Morgan fingerprint density at radius 2 is 1.79 bits per heavy atom. The van der Waals surface area contributed by atoms with Crippen molar-refractivity contribution in [3.63, 3.8) is 0 Å². The number of nitrogens with zero attached hydrogens (tertiary/aromatic N) is 5. The van der Waals surface area contributed by atoms with E-state index in [1.54, 1.807) is 12.3 Å². The van der Waals surface area contributed by atoms with E-state index >= 15 is 0 Å². The van der Waals surface area contributed by atoms with E-state index in [1.807, 2.05) is 35.2 Å². The van der Waals surface area contributed by atoms with Crippen molar-refractivity contribution in [3.05, 3.63) is 71.8 Å². The standard InChI is InChI=1S/C22H24N6O/c1-16-6-5-7-18(17(16)2)26-20-14-19(24-15-25-20)22(29)28-12-10-27(11-13-28)21-8-3-4-9-23-21/h3-9,14-15H,10-13H2,1-2H3,(H,24,25,26). The van der Waals surface area contributed by atoms with E-state index in [1.165, 1.54) is 11.9 Å². The highest BCUT2D eigenvalue weighted by Crippen LogP contribution is 2.22. The molecule has 1 saturated heterocycles. The fourth-order valence-electron chi connectivity index (χ4n) is 3.41. The van der Waals surface area contributed by atoms with Crippen molar-refractivity contribution in [1.29, 1.82) is 0 Å². The zero-order chi connectivity index (χ0) is 20.2. The molecule has 1 aromatic carbocycles. The number of amides is 1. The molecule has 4 rings (SSSR count). The summed E-state index contributed by atoms with van der Waals surface area (Å²) < 4.78 is 0. The van der Waals surface area contributed by atoms with Crippen LogP contribution in [-0.4, -0.2) is 51.9 Å². The molecular weight excluding hydrogens is 364 g/mol. The van der Waals surface area contributed by atoms with Crippen LogP contribution in [-0.2, 0) is 0 Å². The van der Waals surface area contributed by atoms with Gasteiger partial charge >= 0.3 is 0 Å². The highest BCUT2D eigenvalue weighted by Gasteiger charge is 2.24. The summed E-state index contributed by atoms with van der Waals surface area (Å²) >= 11 is 0. The summed E-state index contributed by atoms with van der Waals surface area (Å²) in [6.07, 6.45) is 3.23. The third kappa shape index (κ3) is 4.18. The first kappa shape index (κ1) is 18.9. The zero-order valence-electron chi connectivity index (χ0n) is 16.7. The molecule has 0 radical (unpaired) electrons. The van der Waals surface area contributed by atoms with Gasteiger partial charge in [-0.2, -0.15) is 0 Å². The fourth-order valence-corrected chi connectivity index (χ4v) is 3.41. The quantitative estimate of drug-likeness (QED) is 0.740. The number of anilines is 3. The van der Waals surface area contributed by atoms with Crippen molar-refractivity contribution in [2.24, 2.45) is 0 Å². The van der Waals surface area contributed by atoms with Crippen LogP contribution in [0.15, 0.2) is 55.0 Å². The molecule has 7 nitrogen and oxygen atoms in total. The van der Waals surface area contributed by atoms with Gasteiger partial charge in [0.15, 0.2) is 0 Å². The average Bonchev–Trinajstić information content (AvgIpc) is 2.77. The number of hydrogen-bond acceptors (Lipinski definition) is 6. The summed E-state index contributed by atoms with van der Waals surface area (Å²) in [6, 6.07) is 13.7. The predicted molar refractivity (Wildman–Crippen MR) is 114 cm³/mol. The first-order chi connectivity index (χ1) is 14.1. The summed E-state index contributed by atoms with van der Waals surface area (Å²) in [5.74, 6) is 1.49. The van der Waals surface area contributed by atoms with E-state index in [-0.39, 0.29) is 5.91 Å². The topological polar surface area (TPSA) is 74.2 Å². The summed E-state index contributed by atoms with van der Waals surface area (Å²) in [5.41, 5.74) is 3.74. The summed E-state index contributed by atoms with van der Waals surface area (Å²) in [6.45, 7) is 6.91. The number of pyridine rings is 1. The SMILES string of the molecule is Cc1cccc(Nc2cc(C(=O)N3CCN(c4ccccn4)CC3)ncn2)c1C. The second-order valence-corrected chi connectivity index (χ2v) is 7.13. The Morgan fingerprint density at radius 1 is 0.966 bits per heavy atom. The Kier molecular flexibility index (Phi) is 5.37. The van der Waals surface area contributed by atoms with Crippen molar-refractivity contribution >= 4 is 23.2 Å². The fraction of sp³-hybridized carbons (Fsp3) is 0.273. The third-order valence-corrected chi connectivity index (χ3v) is 5.29. The lowest BCUT2D eigenvalue weighted by Crippen LogP contribution is -2.49. The van der Waals surface area contributed by atoms with E-state index in [9.17, 15) is 4.79 Å². The first-order valence-corrected chi connectivity index (χ1v) is 9.72. The first-order valence-electron chi connectivity index (χ1n) is 9.72. The van der Waals surface area contributed by atoms with E-state index < -0.39 is 0 Å². The van der Waals surface area contributed by atoms with Gasteiger partial charge < -0.3 is 15.1 Å². The third-order valence-electron chi connectivity index (χ3n) is 5.29. The molecule has 7 heteroatoms. The molecule has 2 aromatic heterocycles. The maximum atomic E-state index is 12.9. The summed E-state index contributed by atoms with van der Waals surface area (Å²) in [4.78, 5) is 29.8. The van der Waals surface area contributed by atoms with Crippen molar-refractivity contribution in [3.8, 4) is 0 Å². The van der Waals surface area contributed by atoms with Gasteiger partial charge in [-0.05, 0) is 43.2 Å². The zero-order valence-corrected chi connectivity index (χ0v) is 16.7. The largest absolute Gasteiger partial charge is 0.353 e. The number of piperazine rings is 1. The molecule has 0 spiro atoms. The van der Waals surface area contributed by atoms with Crippen LogP contribution in [0.4, 0.5) is 17.3 Å². The molecule has 148 valence electrons. The van der Waals surface area contributed by atoms with Crippen LogP contribution in [0.3, 0.4) is 0 Å². The molecule has 0 bridgehead atoms. The van der Waals surface area contributed by atoms with Crippen LogP contribution in [0.1, 0.15) is 21.6 Å². The summed E-state index contributed by atoms with van der Waals surface area (Å²) in [7, 11) is 0. The number of carbonyl (C=O) groups excluding carboxylic acids is 1. The van der Waals surface area contributed by atoms with Gasteiger partial charge in [0.25, 0.3) is 5.91 Å². The molecule has 0 saturated carbocycles. The molecule has 1 amide bonds. The summed E-state index contributed by atoms with van der Waals surface area (Å²) in [5, 5.41) is 3.30. The average molecular weight is 388 g/mol. The van der Waals surface area contributed by atoms with E-state index in [4.69, 9.17) is 0 Å². The van der Waals surface area contributed by atoms with Crippen LogP contribution in [0, 0.1) is 13.8 Å². The maximum absolute atomic E-state index is 12.9. The lowest BCUT2D eigenvalue weighted by atomic mass is 10.1. The Balaban J connectivity index is 1.43. The minimum absolute atomic E-state index is 0.0721. The Bertz CT molecular complexity index is 999. The molecule has 1 fully saturated rings.